The van der Waals surface area contributed by atoms with Gasteiger partial charge < -0.3 is 15.5 Å². The molecule has 0 aliphatic rings. The molecule has 4 heteroatoms. The van der Waals surface area contributed by atoms with E-state index in [0.717, 1.165) is 25.7 Å². The summed E-state index contributed by atoms with van der Waals surface area (Å²) in [5, 5.41) is 22.9. The first-order chi connectivity index (χ1) is 25.2. The summed E-state index contributed by atoms with van der Waals surface area (Å²) in [6, 6.07) is -0.615. The Kier molecular flexibility index (Phi) is 42.8. The number of hydrogen-bond donors (Lipinski definition) is 3. The Hall–Kier alpha value is -0.870. The monoisotopic (exact) mass is 720 g/mol. The zero-order chi connectivity index (χ0) is 37.1. The van der Waals surface area contributed by atoms with Crippen LogP contribution in [0.4, 0.5) is 0 Å². The van der Waals surface area contributed by atoms with Crippen molar-refractivity contribution in [3.05, 3.63) is 12.2 Å². The molecule has 0 heterocycles. The molecule has 0 spiro atoms. The SMILES string of the molecule is CCCCCCCCCC/C=C/[C@@H](O)[C@H](CO)NC(=O)CCCCCCCCCCCCCCCCCCCCCCCCCCCCCCC. The van der Waals surface area contributed by atoms with Crippen molar-refractivity contribution in [2.45, 2.75) is 276 Å². The number of aliphatic hydroxyl groups is 2. The van der Waals surface area contributed by atoms with Crippen LogP contribution in [0.5, 0.6) is 0 Å². The van der Waals surface area contributed by atoms with Crippen molar-refractivity contribution in [1.82, 2.24) is 5.32 Å². The number of rotatable bonds is 43. The van der Waals surface area contributed by atoms with Crippen molar-refractivity contribution in [2.24, 2.45) is 0 Å². The largest absolute Gasteiger partial charge is 0.394 e. The van der Waals surface area contributed by atoms with E-state index in [1.807, 2.05) is 6.08 Å². The molecule has 0 bridgehead atoms. The maximum Gasteiger partial charge on any atom is 0.220 e. The van der Waals surface area contributed by atoms with Gasteiger partial charge in [0.25, 0.3) is 0 Å². The van der Waals surface area contributed by atoms with Gasteiger partial charge in [-0.1, -0.05) is 251 Å². The zero-order valence-electron chi connectivity index (χ0n) is 34.9. The molecule has 1 amide bonds. The van der Waals surface area contributed by atoms with Crippen molar-refractivity contribution < 1.29 is 15.0 Å². The summed E-state index contributed by atoms with van der Waals surface area (Å²) in [7, 11) is 0. The molecule has 0 fully saturated rings. The Bertz CT molecular complexity index is 695. The zero-order valence-corrected chi connectivity index (χ0v) is 34.9. The standard InChI is InChI=1S/C47H93NO3/c1-3-5-7-9-11-13-15-16-17-18-19-20-21-22-23-24-25-26-27-28-29-30-31-32-33-35-37-39-41-43-47(51)48-45(44-49)46(50)42-40-38-36-34-14-12-10-8-6-4-2/h40,42,45-46,49-50H,3-39,41,43-44H2,1-2H3,(H,48,51)/b42-40+/t45-,46+/m0/s1. The van der Waals surface area contributed by atoms with Gasteiger partial charge in [0.2, 0.25) is 5.91 Å². The fourth-order valence-corrected chi connectivity index (χ4v) is 7.42. The molecule has 2 atom stereocenters. The Morgan fingerprint density at radius 2 is 0.725 bits per heavy atom. The molecule has 0 unspecified atom stereocenters. The van der Waals surface area contributed by atoms with E-state index in [1.165, 1.54) is 218 Å². The molecular weight excluding hydrogens is 627 g/mol. The second-order valence-corrected chi connectivity index (χ2v) is 16.2. The van der Waals surface area contributed by atoms with E-state index in [-0.39, 0.29) is 12.5 Å². The predicted molar refractivity (Wildman–Crippen MR) is 226 cm³/mol. The van der Waals surface area contributed by atoms with Crippen LogP contribution in [-0.4, -0.2) is 34.9 Å². The van der Waals surface area contributed by atoms with Crippen LogP contribution in [0, 0.1) is 0 Å². The van der Waals surface area contributed by atoms with Crippen LogP contribution in [0.3, 0.4) is 0 Å². The maximum atomic E-state index is 12.4. The molecule has 0 aliphatic carbocycles. The number of aliphatic hydroxyl groups excluding tert-OH is 2. The second-order valence-electron chi connectivity index (χ2n) is 16.2. The van der Waals surface area contributed by atoms with Crippen molar-refractivity contribution in [3.8, 4) is 0 Å². The molecule has 0 aromatic carbocycles. The van der Waals surface area contributed by atoms with Crippen LogP contribution in [0.15, 0.2) is 12.2 Å². The Morgan fingerprint density at radius 1 is 0.451 bits per heavy atom. The summed E-state index contributed by atoms with van der Waals surface area (Å²) in [6.45, 7) is 4.31. The van der Waals surface area contributed by atoms with E-state index in [4.69, 9.17) is 0 Å². The van der Waals surface area contributed by atoms with Crippen molar-refractivity contribution in [1.29, 1.82) is 0 Å². The lowest BCUT2D eigenvalue weighted by atomic mass is 10.0. The van der Waals surface area contributed by atoms with Crippen molar-refractivity contribution in [2.75, 3.05) is 6.61 Å². The third-order valence-electron chi connectivity index (χ3n) is 11.0. The second kappa shape index (κ2) is 43.5. The van der Waals surface area contributed by atoms with E-state index in [1.54, 1.807) is 6.08 Å². The number of unbranched alkanes of at least 4 members (excludes halogenated alkanes) is 36. The number of allylic oxidation sites excluding steroid dienone is 1. The lowest BCUT2D eigenvalue weighted by molar-refractivity contribution is -0.123. The summed E-state index contributed by atoms with van der Waals surface area (Å²) in [6.07, 6.45) is 54.9. The fourth-order valence-electron chi connectivity index (χ4n) is 7.42. The van der Waals surface area contributed by atoms with Gasteiger partial charge in [-0.2, -0.15) is 0 Å². The first-order valence-corrected chi connectivity index (χ1v) is 23.4. The summed E-state index contributed by atoms with van der Waals surface area (Å²) in [5.74, 6) is -0.0606. The number of nitrogens with one attached hydrogen (secondary N) is 1. The van der Waals surface area contributed by atoms with E-state index in [2.05, 4.69) is 19.2 Å². The summed E-state index contributed by atoms with van der Waals surface area (Å²) in [4.78, 5) is 12.4. The predicted octanol–water partition coefficient (Wildman–Crippen LogP) is 14.6. The van der Waals surface area contributed by atoms with E-state index in [9.17, 15) is 15.0 Å². The summed E-state index contributed by atoms with van der Waals surface area (Å²) in [5.41, 5.74) is 0. The molecule has 0 aliphatic heterocycles. The number of amides is 1. The molecule has 0 radical (unpaired) electrons. The summed E-state index contributed by atoms with van der Waals surface area (Å²) < 4.78 is 0. The Morgan fingerprint density at radius 3 is 1.02 bits per heavy atom. The van der Waals surface area contributed by atoms with Crippen LogP contribution < -0.4 is 5.32 Å². The maximum absolute atomic E-state index is 12.4. The first-order valence-electron chi connectivity index (χ1n) is 23.4. The highest BCUT2D eigenvalue weighted by molar-refractivity contribution is 5.76. The van der Waals surface area contributed by atoms with Gasteiger partial charge in [0, 0.05) is 6.42 Å². The van der Waals surface area contributed by atoms with Gasteiger partial charge in [-0.05, 0) is 19.3 Å². The average Bonchev–Trinajstić information content (AvgIpc) is 3.13. The van der Waals surface area contributed by atoms with Crippen LogP contribution in [0.25, 0.3) is 0 Å². The highest BCUT2D eigenvalue weighted by Gasteiger charge is 2.18. The van der Waals surface area contributed by atoms with E-state index in [0.29, 0.717) is 6.42 Å². The third kappa shape index (κ3) is 40.2. The number of carbonyl (C=O) groups is 1. The molecule has 4 nitrogen and oxygen atoms in total. The van der Waals surface area contributed by atoms with Crippen LogP contribution in [0.2, 0.25) is 0 Å². The first kappa shape index (κ1) is 50.1. The van der Waals surface area contributed by atoms with Gasteiger partial charge >= 0.3 is 0 Å². The van der Waals surface area contributed by atoms with E-state index >= 15 is 0 Å². The van der Waals surface area contributed by atoms with E-state index < -0.39 is 12.1 Å². The molecular formula is C47H93NO3. The molecule has 3 N–H and O–H groups in total. The lowest BCUT2D eigenvalue weighted by Gasteiger charge is -2.20. The van der Waals surface area contributed by atoms with Gasteiger partial charge in [0.05, 0.1) is 18.8 Å². The normalized spacial score (nSPS) is 12.9. The molecule has 0 aromatic rings. The van der Waals surface area contributed by atoms with Gasteiger partial charge in [-0.3, -0.25) is 4.79 Å². The molecule has 51 heavy (non-hydrogen) atoms. The van der Waals surface area contributed by atoms with Gasteiger partial charge in [-0.15, -0.1) is 0 Å². The highest BCUT2D eigenvalue weighted by atomic mass is 16.3. The number of carbonyl (C=O) groups excluding carboxylic acids is 1. The minimum Gasteiger partial charge on any atom is -0.394 e. The number of hydrogen-bond acceptors (Lipinski definition) is 3. The Balaban J connectivity index is 3.39. The molecule has 304 valence electrons. The van der Waals surface area contributed by atoms with Crippen LogP contribution in [-0.2, 0) is 4.79 Å². The van der Waals surface area contributed by atoms with Crippen LogP contribution >= 0.6 is 0 Å². The van der Waals surface area contributed by atoms with Gasteiger partial charge in [0.15, 0.2) is 0 Å². The average molecular weight is 720 g/mol. The van der Waals surface area contributed by atoms with Gasteiger partial charge in [0.1, 0.15) is 0 Å². The van der Waals surface area contributed by atoms with Crippen molar-refractivity contribution in [3.63, 3.8) is 0 Å². The van der Waals surface area contributed by atoms with Crippen LogP contribution in [0.1, 0.15) is 264 Å². The molecule has 0 rings (SSSR count). The quantitative estimate of drug-likeness (QED) is 0.0434. The molecule has 0 aromatic heterocycles. The fraction of sp³-hybridized carbons (Fsp3) is 0.936. The minimum absolute atomic E-state index is 0.0606. The van der Waals surface area contributed by atoms with Crippen molar-refractivity contribution >= 4 is 5.91 Å². The minimum atomic E-state index is -0.832. The van der Waals surface area contributed by atoms with Gasteiger partial charge in [-0.25, -0.2) is 0 Å². The molecule has 0 saturated carbocycles. The topological polar surface area (TPSA) is 69.6 Å². The Labute approximate surface area is 320 Å². The summed E-state index contributed by atoms with van der Waals surface area (Å²) >= 11 is 0. The highest BCUT2D eigenvalue weighted by Crippen LogP contribution is 2.17. The lowest BCUT2D eigenvalue weighted by Crippen LogP contribution is -2.45. The molecule has 0 saturated heterocycles. The smallest absolute Gasteiger partial charge is 0.220 e. The third-order valence-corrected chi connectivity index (χ3v) is 11.0.